The van der Waals surface area contributed by atoms with Crippen LogP contribution < -0.4 is 5.56 Å². The largest absolute Gasteiger partial charge is 0.393 e. The van der Waals surface area contributed by atoms with Gasteiger partial charge < -0.3 is 5.11 Å². The van der Waals surface area contributed by atoms with Gasteiger partial charge in [0.15, 0.2) is 0 Å². The smallest absolute Gasteiger partial charge is 0.261 e. The Kier molecular flexibility index (Phi) is 3.45. The van der Waals surface area contributed by atoms with Crippen molar-refractivity contribution in [3.8, 4) is 0 Å². The Morgan fingerprint density at radius 2 is 2.29 bits per heavy atom. The van der Waals surface area contributed by atoms with Crippen molar-refractivity contribution in [2.24, 2.45) is 0 Å². The number of aromatic nitrogens is 2. The Balaban J connectivity index is 2.44. The summed E-state index contributed by atoms with van der Waals surface area (Å²) in [6.45, 7) is 2.15. The van der Waals surface area contributed by atoms with Gasteiger partial charge in [-0.05, 0) is 31.5 Å². The van der Waals surface area contributed by atoms with E-state index in [1.54, 1.807) is 25.1 Å². The van der Waals surface area contributed by atoms with Gasteiger partial charge in [0.1, 0.15) is 0 Å². The highest BCUT2D eigenvalue weighted by molar-refractivity contribution is 6.31. The average molecular weight is 253 g/mol. The van der Waals surface area contributed by atoms with Crippen LogP contribution in [0.15, 0.2) is 29.3 Å². The quantitative estimate of drug-likeness (QED) is 0.907. The van der Waals surface area contributed by atoms with Crippen LogP contribution in [0.2, 0.25) is 5.02 Å². The van der Waals surface area contributed by atoms with Gasteiger partial charge in [0.25, 0.3) is 5.56 Å². The molecule has 5 heteroatoms. The molecule has 0 spiro atoms. The van der Waals surface area contributed by atoms with Gasteiger partial charge in [0.2, 0.25) is 0 Å². The zero-order valence-corrected chi connectivity index (χ0v) is 10.2. The van der Waals surface area contributed by atoms with E-state index >= 15 is 0 Å². The normalized spacial score (nSPS) is 12.9. The number of aryl methyl sites for hydroxylation is 1. The van der Waals surface area contributed by atoms with Gasteiger partial charge in [-0.3, -0.25) is 9.36 Å². The molecular weight excluding hydrogens is 240 g/mol. The van der Waals surface area contributed by atoms with Crippen molar-refractivity contribution in [3.05, 3.63) is 39.9 Å². The van der Waals surface area contributed by atoms with Crippen molar-refractivity contribution in [1.82, 2.24) is 9.55 Å². The summed E-state index contributed by atoms with van der Waals surface area (Å²) in [6, 6.07) is 5.01. The van der Waals surface area contributed by atoms with Crippen molar-refractivity contribution in [2.45, 2.75) is 26.0 Å². The van der Waals surface area contributed by atoms with E-state index in [0.29, 0.717) is 28.9 Å². The standard InChI is InChI=1S/C12H13ClN2O2/c1-8(16)4-5-15-7-14-11-6-9(13)2-3-10(11)12(15)17/h2-3,6-8,16H,4-5H2,1H3. The van der Waals surface area contributed by atoms with Gasteiger partial charge in [-0.1, -0.05) is 11.6 Å². The summed E-state index contributed by atoms with van der Waals surface area (Å²) >= 11 is 5.83. The van der Waals surface area contributed by atoms with Gasteiger partial charge in [0, 0.05) is 11.6 Å². The van der Waals surface area contributed by atoms with Crippen molar-refractivity contribution >= 4 is 22.5 Å². The Morgan fingerprint density at radius 3 is 3.00 bits per heavy atom. The first-order valence-electron chi connectivity index (χ1n) is 5.40. The lowest BCUT2D eigenvalue weighted by Crippen LogP contribution is -2.22. The highest BCUT2D eigenvalue weighted by atomic mass is 35.5. The number of aliphatic hydroxyl groups excluding tert-OH is 1. The first kappa shape index (κ1) is 12.1. The first-order valence-corrected chi connectivity index (χ1v) is 5.78. The predicted octanol–water partition coefficient (Wildman–Crippen LogP) is 1.82. The molecule has 1 unspecified atom stereocenters. The lowest BCUT2D eigenvalue weighted by Gasteiger charge is -2.07. The maximum absolute atomic E-state index is 12.1. The summed E-state index contributed by atoms with van der Waals surface area (Å²) in [4.78, 5) is 16.2. The lowest BCUT2D eigenvalue weighted by atomic mass is 10.2. The molecule has 0 aliphatic rings. The zero-order valence-electron chi connectivity index (χ0n) is 9.43. The minimum Gasteiger partial charge on any atom is -0.393 e. The molecule has 0 amide bonds. The second kappa shape index (κ2) is 4.85. The Hall–Kier alpha value is -1.39. The fraction of sp³-hybridized carbons (Fsp3) is 0.333. The zero-order chi connectivity index (χ0) is 12.4. The third-order valence-electron chi connectivity index (χ3n) is 2.58. The van der Waals surface area contributed by atoms with Crippen LogP contribution in [0.4, 0.5) is 0 Å². The molecule has 1 aromatic carbocycles. The first-order chi connectivity index (χ1) is 8.08. The highest BCUT2D eigenvalue weighted by Gasteiger charge is 2.05. The van der Waals surface area contributed by atoms with Crippen LogP contribution in [0, 0.1) is 0 Å². The summed E-state index contributed by atoms with van der Waals surface area (Å²) < 4.78 is 1.50. The molecule has 2 aromatic rings. The molecule has 4 nitrogen and oxygen atoms in total. The van der Waals surface area contributed by atoms with Crippen LogP contribution in [0.3, 0.4) is 0 Å². The molecular formula is C12H13ClN2O2. The van der Waals surface area contributed by atoms with Crippen LogP contribution in [0.25, 0.3) is 10.9 Å². The van der Waals surface area contributed by atoms with E-state index in [4.69, 9.17) is 11.6 Å². The van der Waals surface area contributed by atoms with Gasteiger partial charge >= 0.3 is 0 Å². The summed E-state index contributed by atoms with van der Waals surface area (Å²) in [5, 5.41) is 10.3. The van der Waals surface area contributed by atoms with Gasteiger partial charge in [0.05, 0.1) is 23.3 Å². The third-order valence-corrected chi connectivity index (χ3v) is 2.81. The van der Waals surface area contributed by atoms with Crippen molar-refractivity contribution in [1.29, 1.82) is 0 Å². The van der Waals surface area contributed by atoms with E-state index < -0.39 is 6.10 Å². The van der Waals surface area contributed by atoms with E-state index in [1.165, 1.54) is 10.9 Å². The molecule has 0 aliphatic heterocycles. The van der Waals surface area contributed by atoms with Gasteiger partial charge in [-0.15, -0.1) is 0 Å². The van der Waals surface area contributed by atoms with Crippen molar-refractivity contribution < 1.29 is 5.11 Å². The molecule has 17 heavy (non-hydrogen) atoms. The van der Waals surface area contributed by atoms with Crippen LogP contribution in [0.1, 0.15) is 13.3 Å². The average Bonchev–Trinajstić information content (AvgIpc) is 2.27. The molecule has 0 saturated carbocycles. The number of fused-ring (bicyclic) bond motifs is 1. The van der Waals surface area contributed by atoms with Crippen LogP contribution in [0.5, 0.6) is 0 Å². The molecule has 2 rings (SSSR count). The Labute approximate surface area is 103 Å². The highest BCUT2D eigenvalue weighted by Crippen LogP contribution is 2.14. The van der Waals surface area contributed by atoms with Crippen LogP contribution >= 0.6 is 11.6 Å². The number of hydrogen-bond acceptors (Lipinski definition) is 3. The Morgan fingerprint density at radius 1 is 1.53 bits per heavy atom. The monoisotopic (exact) mass is 252 g/mol. The van der Waals surface area contributed by atoms with Gasteiger partial charge in [-0.25, -0.2) is 4.98 Å². The van der Waals surface area contributed by atoms with Gasteiger partial charge in [-0.2, -0.15) is 0 Å². The molecule has 90 valence electrons. The number of halogens is 1. The lowest BCUT2D eigenvalue weighted by molar-refractivity contribution is 0.177. The van der Waals surface area contributed by atoms with E-state index in [0.717, 1.165) is 0 Å². The number of hydrogen-bond donors (Lipinski definition) is 1. The Bertz CT molecular complexity index is 593. The second-order valence-electron chi connectivity index (χ2n) is 4.04. The molecule has 1 N–H and O–H groups in total. The molecule has 1 heterocycles. The molecule has 0 radical (unpaired) electrons. The predicted molar refractivity (Wildman–Crippen MR) is 67.3 cm³/mol. The minimum atomic E-state index is -0.428. The van der Waals surface area contributed by atoms with E-state index in [2.05, 4.69) is 4.98 Å². The van der Waals surface area contributed by atoms with E-state index in [-0.39, 0.29) is 5.56 Å². The maximum Gasteiger partial charge on any atom is 0.261 e. The minimum absolute atomic E-state index is 0.104. The summed E-state index contributed by atoms with van der Waals surface area (Å²) in [5.74, 6) is 0. The van der Waals surface area contributed by atoms with Crippen molar-refractivity contribution in [2.75, 3.05) is 0 Å². The molecule has 0 bridgehead atoms. The topological polar surface area (TPSA) is 55.1 Å². The number of nitrogens with zero attached hydrogens (tertiary/aromatic N) is 2. The second-order valence-corrected chi connectivity index (χ2v) is 4.48. The SMILES string of the molecule is CC(O)CCn1cnc2cc(Cl)ccc2c1=O. The van der Waals surface area contributed by atoms with E-state index in [1.807, 2.05) is 0 Å². The number of rotatable bonds is 3. The van der Waals surface area contributed by atoms with Crippen LogP contribution in [-0.4, -0.2) is 20.8 Å². The fourth-order valence-corrected chi connectivity index (χ4v) is 1.78. The van der Waals surface area contributed by atoms with Crippen molar-refractivity contribution in [3.63, 3.8) is 0 Å². The van der Waals surface area contributed by atoms with E-state index in [9.17, 15) is 9.90 Å². The molecule has 1 atom stereocenters. The summed E-state index contributed by atoms with van der Waals surface area (Å²) in [5.41, 5.74) is 0.489. The van der Waals surface area contributed by atoms with Crippen LogP contribution in [-0.2, 0) is 6.54 Å². The fourth-order valence-electron chi connectivity index (χ4n) is 1.62. The maximum atomic E-state index is 12.1. The third kappa shape index (κ3) is 2.65. The summed E-state index contributed by atoms with van der Waals surface area (Å²) in [6.07, 6.45) is 1.59. The molecule has 0 aliphatic carbocycles. The molecule has 1 aromatic heterocycles. The molecule has 0 fully saturated rings. The molecule has 0 saturated heterocycles. The summed E-state index contributed by atoms with van der Waals surface area (Å²) in [7, 11) is 0. The number of benzene rings is 1. The number of aliphatic hydroxyl groups is 1.